The van der Waals surface area contributed by atoms with Gasteiger partial charge in [0.25, 0.3) is 5.91 Å². The molecule has 0 spiro atoms. The highest BCUT2D eigenvalue weighted by molar-refractivity contribution is 5.97. The van der Waals surface area contributed by atoms with Crippen molar-refractivity contribution in [2.24, 2.45) is 0 Å². The van der Waals surface area contributed by atoms with Crippen LogP contribution in [-0.2, 0) is 21.5 Å². The third-order valence-corrected chi connectivity index (χ3v) is 7.83. The van der Waals surface area contributed by atoms with Gasteiger partial charge in [0.05, 0.1) is 5.41 Å². The molecule has 1 N–H and O–H groups in total. The van der Waals surface area contributed by atoms with Crippen LogP contribution in [0.2, 0.25) is 0 Å². The first-order chi connectivity index (χ1) is 18.9. The molecule has 39 heavy (non-hydrogen) atoms. The molecule has 0 saturated carbocycles. The number of rotatable bonds is 6. The van der Waals surface area contributed by atoms with Crippen LogP contribution in [0.1, 0.15) is 53.6 Å². The molecular formula is C31H31F2N3O3. The van der Waals surface area contributed by atoms with Crippen molar-refractivity contribution in [2.75, 3.05) is 24.5 Å². The molecule has 202 valence electrons. The van der Waals surface area contributed by atoms with E-state index in [1.807, 2.05) is 12.1 Å². The summed E-state index contributed by atoms with van der Waals surface area (Å²) in [5.41, 5.74) is 1.69. The van der Waals surface area contributed by atoms with E-state index < -0.39 is 11.2 Å². The van der Waals surface area contributed by atoms with E-state index in [0.717, 1.165) is 18.5 Å². The van der Waals surface area contributed by atoms with Crippen LogP contribution >= 0.6 is 0 Å². The highest BCUT2D eigenvalue weighted by Gasteiger charge is 2.43. The van der Waals surface area contributed by atoms with E-state index in [9.17, 15) is 23.2 Å². The minimum absolute atomic E-state index is 0.101. The second kappa shape index (κ2) is 11.4. The predicted octanol–water partition coefficient (Wildman–Crippen LogP) is 4.97. The third-order valence-electron chi connectivity index (χ3n) is 7.83. The van der Waals surface area contributed by atoms with Gasteiger partial charge in [0.1, 0.15) is 11.6 Å². The van der Waals surface area contributed by atoms with E-state index in [4.69, 9.17) is 0 Å². The fraction of sp³-hybridized carbons (Fsp3) is 0.323. The molecule has 0 aromatic heterocycles. The summed E-state index contributed by atoms with van der Waals surface area (Å²) >= 11 is 0. The van der Waals surface area contributed by atoms with Crippen molar-refractivity contribution in [3.63, 3.8) is 0 Å². The zero-order valence-electron chi connectivity index (χ0n) is 21.7. The molecule has 0 bridgehead atoms. The first-order valence-electron chi connectivity index (χ1n) is 13.3. The number of nitrogens with one attached hydrogen (secondary N) is 1. The zero-order valence-corrected chi connectivity index (χ0v) is 21.7. The number of nitrogens with zero attached hydrogens (tertiary/aromatic N) is 2. The molecular weight excluding hydrogens is 500 g/mol. The third kappa shape index (κ3) is 5.70. The Morgan fingerprint density at radius 2 is 1.56 bits per heavy atom. The summed E-state index contributed by atoms with van der Waals surface area (Å²) in [6, 6.07) is 19.1. The molecule has 0 atom stereocenters. The Labute approximate surface area is 226 Å². The standard InChI is InChI=1S/C31H31F2N3O3/c32-25-11-9-24(10-12-25)31(30(39)34-21-22-4-3-5-26(33)20-22)15-18-35(19-16-31)29(38)23-7-13-27(14-8-23)36-17-2-1-6-28(36)37/h3-5,7-14,20H,1-2,6,15-19,21H2,(H,34,39). The van der Waals surface area contributed by atoms with Crippen LogP contribution in [0.15, 0.2) is 72.8 Å². The SMILES string of the molecule is O=C(c1ccc(N2CCCCC2=O)cc1)N1CCC(C(=O)NCc2cccc(F)c2)(c2ccc(F)cc2)CC1. The maximum Gasteiger partial charge on any atom is 0.253 e. The van der Waals surface area contributed by atoms with Gasteiger partial charge in [0.15, 0.2) is 0 Å². The van der Waals surface area contributed by atoms with Crippen molar-refractivity contribution in [1.29, 1.82) is 0 Å². The zero-order chi connectivity index (χ0) is 27.4. The topological polar surface area (TPSA) is 69.7 Å². The first kappa shape index (κ1) is 26.5. The van der Waals surface area contributed by atoms with Gasteiger partial charge in [-0.2, -0.15) is 0 Å². The summed E-state index contributed by atoms with van der Waals surface area (Å²) in [5.74, 6) is -1.04. The lowest BCUT2D eigenvalue weighted by molar-refractivity contribution is -0.128. The van der Waals surface area contributed by atoms with Crippen LogP contribution in [0.3, 0.4) is 0 Å². The summed E-state index contributed by atoms with van der Waals surface area (Å²) in [7, 11) is 0. The van der Waals surface area contributed by atoms with Gasteiger partial charge in [-0.3, -0.25) is 14.4 Å². The van der Waals surface area contributed by atoms with Crippen molar-refractivity contribution >= 4 is 23.4 Å². The number of carbonyl (C=O) groups is 3. The molecule has 0 aliphatic carbocycles. The number of carbonyl (C=O) groups excluding carboxylic acids is 3. The van der Waals surface area contributed by atoms with Gasteiger partial charge in [0.2, 0.25) is 11.8 Å². The number of piperidine rings is 2. The van der Waals surface area contributed by atoms with Crippen LogP contribution in [-0.4, -0.2) is 42.3 Å². The monoisotopic (exact) mass is 531 g/mol. The Morgan fingerprint density at radius 3 is 2.23 bits per heavy atom. The minimum atomic E-state index is -0.948. The molecule has 2 aliphatic heterocycles. The fourth-order valence-electron chi connectivity index (χ4n) is 5.55. The lowest BCUT2D eigenvalue weighted by Crippen LogP contribution is -2.52. The number of amides is 3. The van der Waals surface area contributed by atoms with Crippen molar-refractivity contribution < 1.29 is 23.2 Å². The molecule has 0 unspecified atom stereocenters. The van der Waals surface area contributed by atoms with Crippen molar-refractivity contribution in [3.05, 3.63) is 101 Å². The summed E-state index contributed by atoms with van der Waals surface area (Å²) in [6.45, 7) is 1.53. The molecule has 6 nitrogen and oxygen atoms in total. The Kier molecular flexibility index (Phi) is 7.72. The number of likely N-dealkylation sites (tertiary alicyclic amines) is 1. The lowest BCUT2D eigenvalue weighted by Gasteiger charge is -2.41. The van der Waals surface area contributed by atoms with Gasteiger partial charge < -0.3 is 15.1 Å². The average Bonchev–Trinajstić information content (AvgIpc) is 2.96. The Morgan fingerprint density at radius 1 is 0.846 bits per heavy atom. The highest BCUT2D eigenvalue weighted by atomic mass is 19.1. The van der Waals surface area contributed by atoms with Gasteiger partial charge in [0, 0.05) is 43.9 Å². The van der Waals surface area contributed by atoms with Crippen LogP contribution in [0.5, 0.6) is 0 Å². The number of hydrogen-bond acceptors (Lipinski definition) is 3. The second-order valence-corrected chi connectivity index (χ2v) is 10.2. The van der Waals surface area contributed by atoms with Crippen LogP contribution in [0, 0.1) is 11.6 Å². The predicted molar refractivity (Wildman–Crippen MR) is 144 cm³/mol. The smallest absolute Gasteiger partial charge is 0.253 e. The summed E-state index contributed by atoms with van der Waals surface area (Å²) in [4.78, 5) is 42.6. The molecule has 3 aromatic carbocycles. The van der Waals surface area contributed by atoms with E-state index in [1.54, 1.807) is 46.2 Å². The summed E-state index contributed by atoms with van der Waals surface area (Å²) in [5, 5.41) is 2.93. The molecule has 8 heteroatoms. The number of benzene rings is 3. The van der Waals surface area contributed by atoms with Crippen molar-refractivity contribution in [3.8, 4) is 0 Å². The molecule has 2 aliphatic rings. The van der Waals surface area contributed by atoms with Crippen LogP contribution < -0.4 is 10.2 Å². The van der Waals surface area contributed by atoms with E-state index >= 15 is 0 Å². The van der Waals surface area contributed by atoms with Gasteiger partial charge in [-0.25, -0.2) is 8.78 Å². The van der Waals surface area contributed by atoms with E-state index in [2.05, 4.69) is 5.32 Å². The molecule has 3 aromatic rings. The minimum Gasteiger partial charge on any atom is -0.351 e. The second-order valence-electron chi connectivity index (χ2n) is 10.2. The number of halogens is 2. The van der Waals surface area contributed by atoms with E-state index in [1.165, 1.54) is 24.3 Å². The first-order valence-corrected chi connectivity index (χ1v) is 13.3. The van der Waals surface area contributed by atoms with Crippen molar-refractivity contribution in [1.82, 2.24) is 10.2 Å². The van der Waals surface area contributed by atoms with Gasteiger partial charge in [-0.15, -0.1) is 0 Å². The molecule has 0 radical (unpaired) electrons. The number of hydrogen-bond donors (Lipinski definition) is 1. The van der Waals surface area contributed by atoms with Gasteiger partial charge in [-0.05, 0) is 85.3 Å². The summed E-state index contributed by atoms with van der Waals surface area (Å²) < 4.78 is 27.3. The Hall–Kier alpha value is -4.07. The number of anilines is 1. The van der Waals surface area contributed by atoms with Gasteiger partial charge >= 0.3 is 0 Å². The highest BCUT2D eigenvalue weighted by Crippen LogP contribution is 2.37. The molecule has 3 amide bonds. The van der Waals surface area contributed by atoms with E-state index in [-0.39, 0.29) is 30.1 Å². The molecule has 2 heterocycles. The Bertz CT molecular complexity index is 1350. The fourth-order valence-corrected chi connectivity index (χ4v) is 5.55. The molecule has 2 fully saturated rings. The van der Waals surface area contributed by atoms with Crippen LogP contribution in [0.25, 0.3) is 0 Å². The van der Waals surface area contributed by atoms with Gasteiger partial charge in [-0.1, -0.05) is 24.3 Å². The quantitative estimate of drug-likeness (QED) is 0.488. The summed E-state index contributed by atoms with van der Waals surface area (Å²) in [6.07, 6.45) is 3.13. The van der Waals surface area contributed by atoms with Crippen molar-refractivity contribution in [2.45, 2.75) is 44.1 Å². The normalized spacial score (nSPS) is 17.1. The largest absolute Gasteiger partial charge is 0.351 e. The van der Waals surface area contributed by atoms with Crippen LogP contribution in [0.4, 0.5) is 14.5 Å². The Balaban J connectivity index is 1.29. The average molecular weight is 532 g/mol. The molecule has 5 rings (SSSR count). The molecule has 2 saturated heterocycles. The maximum atomic E-state index is 13.7. The van der Waals surface area contributed by atoms with E-state index in [0.29, 0.717) is 55.6 Å². The maximum absolute atomic E-state index is 13.7. The lowest BCUT2D eigenvalue weighted by atomic mass is 9.71.